The van der Waals surface area contributed by atoms with E-state index in [-0.39, 0.29) is 0 Å². The van der Waals surface area contributed by atoms with Gasteiger partial charge in [-0.1, -0.05) is 54.6 Å². The van der Waals surface area contributed by atoms with Crippen LogP contribution >= 0.6 is 0 Å². The number of H-pyrrole nitrogens is 1. The molecule has 3 aromatic rings. The number of carbonyl (C=O) groups excluding carboxylic acids is 4. The molecule has 0 radical (unpaired) electrons. The molecule has 0 fully saturated rings. The van der Waals surface area contributed by atoms with Crippen molar-refractivity contribution in [2.75, 3.05) is 0 Å². The SMILES string of the molecule is CC(C)(C)OC(=O)NN(C(=O)OC(C)(C)C)[C@@H]1CC=C[C@H]1c1cccc([C@H]2C=CC[C@@H]2N(NC(=O)OC(C)(C)C)C(=O)OC(C)(C)C)c1-c1nc2ccccc2[nH]1. The van der Waals surface area contributed by atoms with Gasteiger partial charge in [-0.05, 0) is 119 Å². The lowest BCUT2D eigenvalue weighted by atomic mass is 9.82. The van der Waals surface area contributed by atoms with E-state index in [1.54, 1.807) is 83.1 Å². The second-order valence-corrected chi connectivity index (χ2v) is 18.4. The summed E-state index contributed by atoms with van der Waals surface area (Å²) in [6.45, 7) is 21.0. The zero-order chi connectivity index (χ0) is 42.1. The minimum atomic E-state index is -0.858. The van der Waals surface area contributed by atoms with Crippen molar-refractivity contribution >= 4 is 35.4 Å². The molecule has 0 spiro atoms. The molecule has 0 aliphatic heterocycles. The van der Waals surface area contributed by atoms with Gasteiger partial charge in [-0.3, -0.25) is 0 Å². The molecule has 0 unspecified atom stereocenters. The molecule has 57 heavy (non-hydrogen) atoms. The van der Waals surface area contributed by atoms with Crippen molar-refractivity contribution in [3.8, 4) is 11.4 Å². The maximum absolute atomic E-state index is 13.9. The molecule has 14 nitrogen and oxygen atoms in total. The largest absolute Gasteiger partial charge is 0.443 e. The van der Waals surface area contributed by atoms with Gasteiger partial charge < -0.3 is 23.9 Å². The molecule has 2 aliphatic rings. The van der Waals surface area contributed by atoms with Crippen molar-refractivity contribution in [3.05, 3.63) is 77.9 Å². The van der Waals surface area contributed by atoms with Gasteiger partial charge in [0.25, 0.3) is 0 Å². The highest BCUT2D eigenvalue weighted by atomic mass is 16.6. The Morgan fingerprint density at radius 1 is 0.614 bits per heavy atom. The minimum Gasteiger partial charge on any atom is -0.443 e. The number of amides is 4. The summed E-state index contributed by atoms with van der Waals surface area (Å²) in [5.74, 6) is -0.379. The van der Waals surface area contributed by atoms with Crippen LogP contribution in [0.5, 0.6) is 0 Å². The van der Waals surface area contributed by atoms with Crippen LogP contribution < -0.4 is 10.9 Å². The predicted molar refractivity (Wildman–Crippen MR) is 217 cm³/mol. The number of hydrogen-bond acceptors (Lipinski definition) is 9. The lowest BCUT2D eigenvalue weighted by molar-refractivity contribution is -0.0101. The third kappa shape index (κ3) is 11.1. The van der Waals surface area contributed by atoms with Crippen LogP contribution in [0.2, 0.25) is 0 Å². The van der Waals surface area contributed by atoms with E-state index in [2.05, 4.69) is 15.8 Å². The maximum atomic E-state index is 13.9. The summed E-state index contributed by atoms with van der Waals surface area (Å²) in [5.41, 5.74) is 5.91. The van der Waals surface area contributed by atoms with E-state index in [9.17, 15) is 19.2 Å². The number of aromatic amines is 1. The monoisotopic (exact) mass is 786 g/mol. The summed E-state index contributed by atoms with van der Waals surface area (Å²) in [6, 6.07) is 12.3. The topological polar surface area (TPSA) is 164 Å². The molecule has 3 N–H and O–H groups in total. The number of nitrogens with one attached hydrogen (secondary N) is 3. The van der Waals surface area contributed by atoms with E-state index in [0.717, 1.165) is 27.7 Å². The minimum absolute atomic E-state index is 0.391. The lowest BCUT2D eigenvalue weighted by Gasteiger charge is -2.37. The molecule has 14 heteroatoms. The molecular weight excluding hydrogens is 729 g/mol. The Morgan fingerprint density at radius 2 is 1.04 bits per heavy atom. The number of para-hydroxylation sites is 2. The van der Waals surface area contributed by atoms with Crippen LogP contribution in [0.15, 0.2) is 66.8 Å². The number of imidazole rings is 1. The van der Waals surface area contributed by atoms with Gasteiger partial charge in [0, 0.05) is 17.4 Å². The summed E-state index contributed by atoms with van der Waals surface area (Å²) < 4.78 is 22.8. The van der Waals surface area contributed by atoms with Crippen LogP contribution in [-0.2, 0) is 18.9 Å². The number of benzene rings is 2. The quantitative estimate of drug-likeness (QED) is 0.130. The third-order valence-corrected chi connectivity index (χ3v) is 8.81. The zero-order valence-electron chi connectivity index (χ0n) is 35.2. The fourth-order valence-corrected chi connectivity index (χ4v) is 6.87. The first-order valence-corrected chi connectivity index (χ1v) is 19.3. The summed E-state index contributed by atoms with van der Waals surface area (Å²) in [4.78, 5) is 62.8. The fraction of sp³-hybridized carbons (Fsp3) is 0.512. The standard InChI is InChI=1S/C43H58N6O8/c1-40(2,3)54-36(50)46-48(38(52)56-42(7,8)9)32-24-16-18-26(32)28-20-15-21-29(34(28)35-44-30-22-13-14-23-31(30)45-35)27-19-17-25-33(27)49(39(53)57-43(10,11)12)47-37(51)55-41(4,5)6/h13-23,26-27,32-33H,24-25H2,1-12H3,(H,44,45)(H,46,50)(H,47,51)/t26-,27+,32+,33-. The Hall–Kier alpha value is -5.53. The first-order valence-electron chi connectivity index (χ1n) is 19.3. The molecule has 0 bridgehead atoms. The molecule has 2 aliphatic carbocycles. The third-order valence-electron chi connectivity index (χ3n) is 8.81. The van der Waals surface area contributed by atoms with Gasteiger partial charge in [0.1, 0.15) is 28.2 Å². The van der Waals surface area contributed by atoms with E-state index in [0.29, 0.717) is 18.7 Å². The number of ether oxygens (including phenoxy) is 4. The first kappa shape index (κ1) is 42.6. The molecule has 2 aromatic carbocycles. The Morgan fingerprint density at radius 3 is 1.44 bits per heavy atom. The van der Waals surface area contributed by atoms with Gasteiger partial charge in [-0.15, -0.1) is 0 Å². The Bertz CT molecular complexity index is 1890. The van der Waals surface area contributed by atoms with Crippen molar-refractivity contribution in [2.45, 2.75) is 142 Å². The van der Waals surface area contributed by atoms with Crippen LogP contribution in [-0.4, -0.2) is 78.8 Å². The highest BCUT2D eigenvalue weighted by molar-refractivity contribution is 5.82. The number of fused-ring (bicyclic) bond motifs is 1. The van der Waals surface area contributed by atoms with E-state index < -0.39 is 70.7 Å². The normalized spacial score (nSPS) is 19.6. The smallest absolute Gasteiger partial charge is 0.429 e. The van der Waals surface area contributed by atoms with Gasteiger partial charge >= 0.3 is 24.4 Å². The maximum Gasteiger partial charge on any atom is 0.429 e. The van der Waals surface area contributed by atoms with Crippen LogP contribution in [0.25, 0.3) is 22.4 Å². The summed E-state index contributed by atoms with van der Waals surface area (Å²) in [7, 11) is 0. The Balaban J connectivity index is 1.65. The molecule has 1 heterocycles. The van der Waals surface area contributed by atoms with Crippen molar-refractivity contribution in [2.24, 2.45) is 0 Å². The van der Waals surface area contributed by atoms with Crippen molar-refractivity contribution in [1.82, 2.24) is 30.8 Å². The number of carbonyl (C=O) groups is 4. The predicted octanol–water partition coefficient (Wildman–Crippen LogP) is 9.41. The van der Waals surface area contributed by atoms with Crippen LogP contribution in [0, 0.1) is 0 Å². The summed E-state index contributed by atoms with van der Waals surface area (Å²) >= 11 is 0. The lowest BCUT2D eigenvalue weighted by Crippen LogP contribution is -2.55. The molecule has 308 valence electrons. The van der Waals surface area contributed by atoms with Crippen LogP contribution in [0.4, 0.5) is 19.2 Å². The van der Waals surface area contributed by atoms with E-state index in [1.807, 2.05) is 66.8 Å². The highest BCUT2D eigenvalue weighted by Gasteiger charge is 2.42. The zero-order valence-corrected chi connectivity index (χ0v) is 35.2. The Kier molecular flexibility index (Phi) is 12.1. The highest BCUT2D eigenvalue weighted by Crippen LogP contribution is 2.44. The second kappa shape index (κ2) is 16.1. The molecule has 5 rings (SSSR count). The van der Waals surface area contributed by atoms with E-state index >= 15 is 0 Å². The first-order chi connectivity index (χ1) is 26.4. The average Bonchev–Trinajstić information content (AvgIpc) is 3.82. The van der Waals surface area contributed by atoms with Crippen molar-refractivity contribution in [3.63, 3.8) is 0 Å². The number of hydrazine groups is 2. The number of nitrogens with zero attached hydrogens (tertiary/aromatic N) is 3. The van der Waals surface area contributed by atoms with Crippen molar-refractivity contribution < 1.29 is 38.1 Å². The number of aromatic nitrogens is 2. The van der Waals surface area contributed by atoms with Gasteiger partial charge in [-0.25, -0.2) is 45.0 Å². The van der Waals surface area contributed by atoms with Gasteiger partial charge in [0.15, 0.2) is 0 Å². The summed E-state index contributed by atoms with van der Waals surface area (Å²) in [5, 5.41) is 2.43. The van der Waals surface area contributed by atoms with Crippen LogP contribution in [0.3, 0.4) is 0 Å². The van der Waals surface area contributed by atoms with Crippen molar-refractivity contribution in [1.29, 1.82) is 0 Å². The molecule has 4 atom stereocenters. The second-order valence-electron chi connectivity index (χ2n) is 18.4. The molecule has 1 aromatic heterocycles. The molecule has 4 amide bonds. The number of hydrogen-bond donors (Lipinski definition) is 3. The molecule has 0 saturated carbocycles. The summed E-state index contributed by atoms with van der Waals surface area (Å²) in [6.07, 6.45) is 5.63. The average molecular weight is 787 g/mol. The fourth-order valence-electron chi connectivity index (χ4n) is 6.87. The van der Waals surface area contributed by atoms with Gasteiger partial charge in [0.2, 0.25) is 0 Å². The van der Waals surface area contributed by atoms with E-state index in [4.69, 9.17) is 23.9 Å². The van der Waals surface area contributed by atoms with E-state index in [1.165, 1.54) is 10.0 Å². The molecule has 0 saturated heterocycles. The number of rotatable bonds is 5. The van der Waals surface area contributed by atoms with Crippen LogP contribution in [0.1, 0.15) is 119 Å². The Labute approximate surface area is 335 Å². The molecular formula is C43H58N6O8. The van der Waals surface area contributed by atoms with Gasteiger partial charge in [-0.2, -0.15) is 0 Å². The van der Waals surface area contributed by atoms with Gasteiger partial charge in [0.05, 0.1) is 23.1 Å².